The Balaban J connectivity index is 1.28. The van der Waals surface area contributed by atoms with Gasteiger partial charge in [0.25, 0.3) is 11.5 Å². The molecule has 146 valence electrons. The van der Waals surface area contributed by atoms with Crippen LogP contribution in [0.1, 0.15) is 28.8 Å². The van der Waals surface area contributed by atoms with Crippen molar-refractivity contribution in [1.29, 1.82) is 0 Å². The Labute approximate surface area is 162 Å². The first-order valence-electron chi connectivity index (χ1n) is 9.51. The van der Waals surface area contributed by atoms with Gasteiger partial charge in [-0.1, -0.05) is 18.2 Å². The fraction of sp³-hybridized carbons (Fsp3) is 0.350. The minimum Gasteiger partial charge on any atom is -0.365 e. The number of carbonyl (C=O) groups is 1. The van der Waals surface area contributed by atoms with Crippen LogP contribution < -0.4 is 21.5 Å². The number of nitrogens with two attached hydrogens (primary N) is 1. The minimum absolute atomic E-state index is 0.111. The van der Waals surface area contributed by atoms with Crippen LogP contribution in [0.3, 0.4) is 0 Å². The molecular formula is C20H24N6O2. The number of rotatable bonds is 6. The number of aromatic amines is 2. The Bertz CT molecular complexity index is 1030. The summed E-state index contributed by atoms with van der Waals surface area (Å²) in [5, 5.41) is 4.83. The quantitative estimate of drug-likeness (QED) is 0.515. The van der Waals surface area contributed by atoms with Crippen LogP contribution in [0.4, 0.5) is 5.95 Å². The highest BCUT2D eigenvalue weighted by atomic mass is 16.2. The molecule has 2 aromatic heterocycles. The van der Waals surface area contributed by atoms with E-state index in [1.54, 1.807) is 0 Å². The summed E-state index contributed by atoms with van der Waals surface area (Å²) in [4.78, 5) is 35.2. The highest BCUT2D eigenvalue weighted by Crippen LogP contribution is 2.21. The molecule has 0 aliphatic carbocycles. The first-order chi connectivity index (χ1) is 13.6. The number of amides is 1. The SMILES string of the molecule is NC(=O)c1cnc(N2CCC(CNCc3c[nH]c4ccccc34)CC2)[nH]c1=O. The summed E-state index contributed by atoms with van der Waals surface area (Å²) >= 11 is 0. The fourth-order valence-corrected chi connectivity index (χ4v) is 3.76. The average molecular weight is 380 g/mol. The summed E-state index contributed by atoms with van der Waals surface area (Å²) in [6.45, 7) is 3.43. The van der Waals surface area contributed by atoms with Gasteiger partial charge in [-0.25, -0.2) is 4.98 Å². The van der Waals surface area contributed by atoms with Crippen molar-refractivity contribution in [3.63, 3.8) is 0 Å². The summed E-state index contributed by atoms with van der Waals surface area (Å²) in [6, 6.07) is 8.32. The second-order valence-corrected chi connectivity index (χ2v) is 7.23. The molecule has 1 aliphatic heterocycles. The van der Waals surface area contributed by atoms with Gasteiger partial charge in [-0.15, -0.1) is 0 Å². The third kappa shape index (κ3) is 3.77. The molecule has 0 radical (unpaired) electrons. The van der Waals surface area contributed by atoms with Crippen LogP contribution in [0.25, 0.3) is 10.9 Å². The number of para-hydroxylation sites is 1. The van der Waals surface area contributed by atoms with E-state index in [4.69, 9.17) is 5.73 Å². The average Bonchev–Trinajstić information content (AvgIpc) is 3.11. The van der Waals surface area contributed by atoms with E-state index in [1.807, 2.05) is 11.0 Å². The summed E-state index contributed by atoms with van der Waals surface area (Å²) in [5.74, 6) is 0.318. The normalized spacial score (nSPS) is 15.2. The van der Waals surface area contributed by atoms with E-state index in [9.17, 15) is 9.59 Å². The zero-order chi connectivity index (χ0) is 19.5. The number of H-pyrrole nitrogens is 2. The van der Waals surface area contributed by atoms with Gasteiger partial charge < -0.3 is 20.9 Å². The Morgan fingerprint density at radius 1 is 1.29 bits per heavy atom. The molecule has 4 rings (SSSR count). The zero-order valence-corrected chi connectivity index (χ0v) is 15.6. The topological polar surface area (TPSA) is 120 Å². The molecule has 0 atom stereocenters. The van der Waals surface area contributed by atoms with Crippen LogP contribution in [-0.2, 0) is 6.54 Å². The molecule has 0 spiro atoms. The molecule has 1 amide bonds. The van der Waals surface area contributed by atoms with Crippen molar-refractivity contribution < 1.29 is 4.79 Å². The lowest BCUT2D eigenvalue weighted by Crippen LogP contribution is -2.39. The molecule has 3 heterocycles. The van der Waals surface area contributed by atoms with Gasteiger partial charge in [-0.3, -0.25) is 14.6 Å². The van der Waals surface area contributed by atoms with Crippen molar-refractivity contribution in [3.05, 3.63) is 58.1 Å². The maximum absolute atomic E-state index is 11.9. The van der Waals surface area contributed by atoms with E-state index >= 15 is 0 Å². The first kappa shape index (κ1) is 18.2. The highest BCUT2D eigenvalue weighted by molar-refractivity contribution is 5.92. The number of nitrogens with zero attached hydrogens (tertiary/aromatic N) is 2. The van der Waals surface area contributed by atoms with E-state index in [1.165, 1.54) is 17.1 Å². The van der Waals surface area contributed by atoms with E-state index < -0.39 is 11.5 Å². The van der Waals surface area contributed by atoms with Gasteiger partial charge in [0.2, 0.25) is 5.95 Å². The molecule has 0 bridgehead atoms. The third-order valence-electron chi connectivity index (χ3n) is 5.39. The summed E-state index contributed by atoms with van der Waals surface area (Å²) < 4.78 is 0. The maximum Gasteiger partial charge on any atom is 0.265 e. The van der Waals surface area contributed by atoms with Gasteiger partial charge in [0, 0.05) is 42.9 Å². The molecule has 1 aliphatic rings. The van der Waals surface area contributed by atoms with Crippen LogP contribution in [0, 0.1) is 5.92 Å². The summed E-state index contributed by atoms with van der Waals surface area (Å²) in [5.41, 5.74) is 7.00. The monoisotopic (exact) mass is 380 g/mol. The molecule has 1 aromatic carbocycles. The largest absolute Gasteiger partial charge is 0.365 e. The molecule has 1 fully saturated rings. The second kappa shape index (κ2) is 7.85. The van der Waals surface area contributed by atoms with Crippen molar-refractivity contribution in [2.45, 2.75) is 19.4 Å². The van der Waals surface area contributed by atoms with Crippen LogP contribution in [0.2, 0.25) is 0 Å². The van der Waals surface area contributed by atoms with E-state index in [0.29, 0.717) is 11.9 Å². The standard InChI is InChI=1S/C20H24N6O2/c21-18(27)16-12-24-20(25-19(16)28)26-7-5-13(6-8-26)9-22-10-14-11-23-17-4-2-1-3-15(14)17/h1-4,11-13,22-23H,5-10H2,(H2,21,27)(H,24,25,28). The van der Waals surface area contributed by atoms with E-state index in [0.717, 1.165) is 44.5 Å². The van der Waals surface area contributed by atoms with Crippen LogP contribution >= 0.6 is 0 Å². The van der Waals surface area contributed by atoms with Crippen LogP contribution in [0.5, 0.6) is 0 Å². The van der Waals surface area contributed by atoms with Gasteiger partial charge in [-0.05, 0) is 36.9 Å². The predicted octanol–water partition coefficient (Wildman–Crippen LogP) is 1.36. The number of carbonyl (C=O) groups excluding carboxylic acids is 1. The predicted molar refractivity (Wildman–Crippen MR) is 108 cm³/mol. The smallest absolute Gasteiger partial charge is 0.265 e. The number of primary amides is 1. The van der Waals surface area contributed by atoms with E-state index in [2.05, 4.69) is 44.7 Å². The number of anilines is 1. The van der Waals surface area contributed by atoms with Crippen molar-refractivity contribution in [2.75, 3.05) is 24.5 Å². The maximum atomic E-state index is 11.9. The molecule has 5 N–H and O–H groups in total. The lowest BCUT2D eigenvalue weighted by molar-refractivity contribution is 0.0998. The molecule has 8 heteroatoms. The molecule has 28 heavy (non-hydrogen) atoms. The third-order valence-corrected chi connectivity index (χ3v) is 5.39. The van der Waals surface area contributed by atoms with Crippen molar-refractivity contribution in [2.24, 2.45) is 11.7 Å². The Morgan fingerprint density at radius 2 is 2.07 bits per heavy atom. The number of nitrogens with one attached hydrogen (secondary N) is 3. The lowest BCUT2D eigenvalue weighted by atomic mass is 9.97. The lowest BCUT2D eigenvalue weighted by Gasteiger charge is -2.32. The molecule has 8 nitrogen and oxygen atoms in total. The number of hydrogen-bond donors (Lipinski definition) is 4. The second-order valence-electron chi connectivity index (χ2n) is 7.23. The van der Waals surface area contributed by atoms with Crippen LogP contribution in [0.15, 0.2) is 41.5 Å². The molecule has 1 saturated heterocycles. The molecule has 0 saturated carbocycles. The van der Waals surface area contributed by atoms with Crippen molar-refractivity contribution >= 4 is 22.8 Å². The number of benzene rings is 1. The zero-order valence-electron chi connectivity index (χ0n) is 15.6. The fourth-order valence-electron chi connectivity index (χ4n) is 3.76. The van der Waals surface area contributed by atoms with Crippen molar-refractivity contribution in [3.8, 4) is 0 Å². The Hall–Kier alpha value is -3.13. The van der Waals surface area contributed by atoms with Crippen LogP contribution in [-0.4, -0.2) is 40.5 Å². The van der Waals surface area contributed by atoms with Gasteiger partial charge >= 0.3 is 0 Å². The van der Waals surface area contributed by atoms with Gasteiger partial charge in [0.15, 0.2) is 0 Å². The molecular weight excluding hydrogens is 356 g/mol. The van der Waals surface area contributed by atoms with E-state index in [-0.39, 0.29) is 5.56 Å². The Morgan fingerprint density at radius 3 is 2.82 bits per heavy atom. The number of aromatic nitrogens is 3. The van der Waals surface area contributed by atoms with Crippen molar-refractivity contribution in [1.82, 2.24) is 20.3 Å². The molecule has 3 aromatic rings. The number of piperidine rings is 1. The highest BCUT2D eigenvalue weighted by Gasteiger charge is 2.21. The van der Waals surface area contributed by atoms with Gasteiger partial charge in [0.05, 0.1) is 0 Å². The van der Waals surface area contributed by atoms with Gasteiger partial charge in [0.1, 0.15) is 5.56 Å². The number of hydrogen-bond acceptors (Lipinski definition) is 5. The Kier molecular flexibility index (Phi) is 5.12. The minimum atomic E-state index is -0.764. The number of fused-ring (bicyclic) bond motifs is 1. The molecule has 0 unspecified atom stereocenters. The summed E-state index contributed by atoms with van der Waals surface area (Å²) in [6.07, 6.45) is 5.35. The first-order valence-corrected chi connectivity index (χ1v) is 9.51. The van der Waals surface area contributed by atoms with Gasteiger partial charge in [-0.2, -0.15) is 0 Å². The summed E-state index contributed by atoms with van der Waals surface area (Å²) in [7, 11) is 0.